The lowest BCUT2D eigenvalue weighted by molar-refractivity contribution is -0.173. The molecule has 2 heterocycles. The van der Waals surface area contributed by atoms with Gasteiger partial charge in [0.15, 0.2) is 6.23 Å². The van der Waals surface area contributed by atoms with E-state index in [4.69, 9.17) is 15.2 Å². The van der Waals surface area contributed by atoms with Gasteiger partial charge in [-0.25, -0.2) is 4.79 Å². The second-order valence-electron chi connectivity index (χ2n) is 6.16. The quantitative estimate of drug-likeness (QED) is 0.269. The number of carbonyl (C=O) groups is 2. The van der Waals surface area contributed by atoms with E-state index in [0.717, 1.165) is 4.57 Å². The third-order valence-electron chi connectivity index (χ3n) is 4.02. The third kappa shape index (κ3) is 5.88. The Morgan fingerprint density at radius 3 is 2.60 bits per heavy atom. The summed E-state index contributed by atoms with van der Waals surface area (Å²) in [5.74, 6) is -2.96. The van der Waals surface area contributed by atoms with E-state index >= 15 is 0 Å². The van der Waals surface area contributed by atoms with Gasteiger partial charge in [0, 0.05) is 19.3 Å². The van der Waals surface area contributed by atoms with Gasteiger partial charge < -0.3 is 36.1 Å². The number of nitrogens with zero attached hydrogens (tertiary/aromatic N) is 2. The normalized spacial score (nSPS) is 23.9. The number of nitrogens with one attached hydrogen (secondary N) is 2. The van der Waals surface area contributed by atoms with Crippen LogP contribution in [0, 0.1) is 0 Å². The maximum Gasteiger partial charge on any atom is 0.471 e. The van der Waals surface area contributed by atoms with E-state index in [1.54, 1.807) is 5.32 Å². The maximum atomic E-state index is 12.0. The van der Waals surface area contributed by atoms with Crippen molar-refractivity contribution in [2.75, 3.05) is 32.0 Å². The topological polar surface area (TPSA) is 178 Å². The first-order chi connectivity index (χ1) is 14.0. The average molecular weight is 439 g/mol. The summed E-state index contributed by atoms with van der Waals surface area (Å²) in [4.78, 5) is 38.0. The van der Waals surface area contributed by atoms with Gasteiger partial charge in [-0.15, -0.1) is 0 Å². The molecule has 15 heteroatoms. The molecule has 1 saturated heterocycles. The van der Waals surface area contributed by atoms with Gasteiger partial charge in [-0.05, 0) is 6.07 Å². The van der Waals surface area contributed by atoms with E-state index in [0.29, 0.717) is 0 Å². The lowest BCUT2D eigenvalue weighted by Gasteiger charge is -2.22. The molecule has 2 rings (SSSR count). The molecule has 1 aliphatic rings. The minimum Gasteiger partial charge on any atom is -0.394 e. The molecule has 0 spiro atoms. The molecule has 2 unspecified atom stereocenters. The number of hydrogen-bond donors (Lipinski definition) is 5. The summed E-state index contributed by atoms with van der Waals surface area (Å²) in [6.45, 7) is -2.03. The van der Waals surface area contributed by atoms with Crippen molar-refractivity contribution in [2.45, 2.75) is 30.7 Å². The van der Waals surface area contributed by atoms with Gasteiger partial charge in [-0.3, -0.25) is 14.2 Å². The zero-order chi connectivity index (χ0) is 22.5. The number of alkyl halides is 3. The molecule has 12 nitrogen and oxygen atoms in total. The van der Waals surface area contributed by atoms with Gasteiger partial charge >= 0.3 is 17.8 Å². The van der Waals surface area contributed by atoms with Gasteiger partial charge in [0.05, 0.1) is 6.61 Å². The number of hydrogen-bond acceptors (Lipinski definition) is 9. The number of aliphatic hydroxyl groups is 2. The third-order valence-corrected chi connectivity index (χ3v) is 4.02. The van der Waals surface area contributed by atoms with Crippen LogP contribution in [0.2, 0.25) is 0 Å². The Balaban J connectivity index is 1.91. The molecule has 168 valence electrons. The Labute approximate surface area is 166 Å². The summed E-state index contributed by atoms with van der Waals surface area (Å²) in [6, 6.07) is 1.29. The average Bonchev–Trinajstić information content (AvgIpc) is 2.98. The second-order valence-corrected chi connectivity index (χ2v) is 6.16. The fourth-order valence-electron chi connectivity index (χ4n) is 2.59. The summed E-state index contributed by atoms with van der Waals surface area (Å²) in [7, 11) is 0. The standard InChI is InChI=1S/C15H20F3N5O7/c16-15(17,18)13(27)21-3-2-20-9(25)6-29-11-10(26)7(5-24)30-12(11)23-4-1-8(19)22-14(23)28/h1,4,7,10-12,24,26H,2-3,5-6H2,(H,20,25)(H,21,27)(H2,19,22,28)/t7-,10?,11?,12-/m1/s1. The fourth-order valence-corrected chi connectivity index (χ4v) is 2.59. The van der Waals surface area contributed by atoms with Crippen LogP contribution in [0.25, 0.3) is 0 Å². The van der Waals surface area contributed by atoms with Crippen LogP contribution in [0.3, 0.4) is 0 Å². The van der Waals surface area contributed by atoms with Crippen LogP contribution in [-0.2, 0) is 19.1 Å². The highest BCUT2D eigenvalue weighted by atomic mass is 19.4. The molecular formula is C15H20F3N5O7. The van der Waals surface area contributed by atoms with Crippen molar-refractivity contribution in [1.29, 1.82) is 0 Å². The van der Waals surface area contributed by atoms with Crippen molar-refractivity contribution in [3.63, 3.8) is 0 Å². The van der Waals surface area contributed by atoms with Crippen molar-refractivity contribution in [3.8, 4) is 0 Å². The number of halogens is 3. The molecule has 0 radical (unpaired) electrons. The molecule has 1 aromatic rings. The first-order valence-electron chi connectivity index (χ1n) is 8.57. The predicted molar refractivity (Wildman–Crippen MR) is 91.7 cm³/mol. The minimum absolute atomic E-state index is 0.0528. The molecule has 30 heavy (non-hydrogen) atoms. The van der Waals surface area contributed by atoms with E-state index in [-0.39, 0.29) is 12.4 Å². The molecule has 2 amide bonds. The number of amides is 2. The molecule has 1 fully saturated rings. The number of rotatable bonds is 8. The van der Waals surface area contributed by atoms with Crippen LogP contribution in [-0.4, -0.2) is 82.4 Å². The van der Waals surface area contributed by atoms with Crippen molar-refractivity contribution in [3.05, 3.63) is 22.7 Å². The molecule has 0 aliphatic carbocycles. The van der Waals surface area contributed by atoms with E-state index < -0.39 is 68.0 Å². The van der Waals surface area contributed by atoms with Crippen LogP contribution in [0.4, 0.5) is 19.0 Å². The number of nitrogens with two attached hydrogens (primary N) is 1. The highest BCUT2D eigenvalue weighted by Crippen LogP contribution is 2.30. The summed E-state index contributed by atoms with van der Waals surface area (Å²) in [5, 5.41) is 23.3. The minimum atomic E-state index is -5.03. The summed E-state index contributed by atoms with van der Waals surface area (Å²) in [6.07, 6.45) is -8.77. The van der Waals surface area contributed by atoms with Crippen LogP contribution >= 0.6 is 0 Å². The number of aromatic nitrogens is 2. The Hall–Kier alpha value is -2.75. The highest BCUT2D eigenvalue weighted by Gasteiger charge is 2.46. The maximum absolute atomic E-state index is 12.0. The number of nitrogen functional groups attached to an aromatic ring is 1. The first kappa shape index (κ1) is 23.5. The smallest absolute Gasteiger partial charge is 0.394 e. The van der Waals surface area contributed by atoms with Gasteiger partial charge in [-0.1, -0.05) is 0 Å². The highest BCUT2D eigenvalue weighted by molar-refractivity contribution is 5.81. The molecule has 1 aliphatic heterocycles. The first-order valence-corrected chi connectivity index (χ1v) is 8.57. The fraction of sp³-hybridized carbons (Fsp3) is 0.600. The van der Waals surface area contributed by atoms with Crippen molar-refractivity contribution in [1.82, 2.24) is 20.2 Å². The molecule has 0 bridgehead atoms. The lowest BCUT2D eigenvalue weighted by Crippen LogP contribution is -2.43. The van der Waals surface area contributed by atoms with Gasteiger partial charge in [0.1, 0.15) is 30.7 Å². The summed E-state index contributed by atoms with van der Waals surface area (Å²) < 4.78 is 47.8. The number of ether oxygens (including phenoxy) is 2. The lowest BCUT2D eigenvalue weighted by atomic mass is 10.1. The van der Waals surface area contributed by atoms with Gasteiger partial charge in [-0.2, -0.15) is 18.2 Å². The van der Waals surface area contributed by atoms with E-state index in [1.807, 2.05) is 0 Å². The largest absolute Gasteiger partial charge is 0.471 e. The van der Waals surface area contributed by atoms with Gasteiger partial charge in [0.25, 0.3) is 0 Å². The Morgan fingerprint density at radius 2 is 2.00 bits per heavy atom. The molecule has 4 atom stereocenters. The van der Waals surface area contributed by atoms with Crippen molar-refractivity contribution < 1.29 is 42.4 Å². The molecule has 0 aromatic carbocycles. The Morgan fingerprint density at radius 1 is 1.33 bits per heavy atom. The summed E-state index contributed by atoms with van der Waals surface area (Å²) in [5.41, 5.74) is 4.60. The molecule has 1 aromatic heterocycles. The molecule has 0 saturated carbocycles. The monoisotopic (exact) mass is 439 g/mol. The zero-order valence-corrected chi connectivity index (χ0v) is 15.3. The summed E-state index contributed by atoms with van der Waals surface area (Å²) >= 11 is 0. The molecule has 6 N–H and O–H groups in total. The second kappa shape index (κ2) is 9.84. The zero-order valence-electron chi connectivity index (χ0n) is 15.3. The Bertz CT molecular complexity index is 819. The van der Waals surface area contributed by atoms with Crippen molar-refractivity contribution in [2.24, 2.45) is 0 Å². The SMILES string of the molecule is Nc1ccn([C@@H]2O[C@H](CO)C(O)C2OCC(=O)NCCNC(=O)C(F)(F)F)c(=O)n1. The van der Waals surface area contributed by atoms with E-state index in [9.17, 15) is 37.8 Å². The molecular weight excluding hydrogens is 419 g/mol. The van der Waals surface area contributed by atoms with E-state index in [2.05, 4.69) is 10.3 Å². The van der Waals surface area contributed by atoms with Crippen LogP contribution in [0.5, 0.6) is 0 Å². The number of aliphatic hydroxyl groups excluding tert-OH is 2. The Kier molecular flexibility index (Phi) is 7.71. The number of anilines is 1. The number of carbonyl (C=O) groups excluding carboxylic acids is 2. The predicted octanol–water partition coefficient (Wildman–Crippen LogP) is -2.74. The van der Waals surface area contributed by atoms with Gasteiger partial charge in [0.2, 0.25) is 5.91 Å². The van der Waals surface area contributed by atoms with Crippen molar-refractivity contribution >= 4 is 17.6 Å². The van der Waals surface area contributed by atoms with E-state index in [1.165, 1.54) is 12.3 Å². The van der Waals surface area contributed by atoms with Crippen LogP contribution in [0.15, 0.2) is 17.1 Å². The van der Waals surface area contributed by atoms with Crippen LogP contribution < -0.4 is 22.1 Å². The van der Waals surface area contributed by atoms with Crippen LogP contribution in [0.1, 0.15) is 6.23 Å².